The van der Waals surface area contributed by atoms with E-state index in [1.807, 2.05) is 18.5 Å². The van der Waals surface area contributed by atoms with Crippen LogP contribution in [0.15, 0.2) is 29.3 Å². The van der Waals surface area contributed by atoms with Gasteiger partial charge in [-0.1, -0.05) is 25.1 Å². The molecule has 0 saturated carbocycles. The van der Waals surface area contributed by atoms with E-state index >= 15 is 0 Å². The first kappa shape index (κ1) is 26.2. The van der Waals surface area contributed by atoms with Crippen molar-refractivity contribution in [2.24, 2.45) is 12.0 Å². The summed E-state index contributed by atoms with van der Waals surface area (Å²) in [7, 11) is 1.91. The van der Waals surface area contributed by atoms with E-state index < -0.39 is 6.61 Å². The average Bonchev–Trinajstić information content (AvgIpc) is 3.34. The Labute approximate surface area is 204 Å². The van der Waals surface area contributed by atoms with Crippen molar-refractivity contribution in [1.82, 2.24) is 30.3 Å². The van der Waals surface area contributed by atoms with Crippen molar-refractivity contribution < 1.29 is 13.5 Å². The molecule has 1 aliphatic heterocycles. The molecule has 32 heavy (non-hydrogen) atoms. The van der Waals surface area contributed by atoms with Crippen LogP contribution in [0.2, 0.25) is 0 Å². The molecule has 1 saturated heterocycles. The lowest BCUT2D eigenvalue weighted by Gasteiger charge is -2.24. The number of rotatable bonds is 9. The molecule has 178 valence electrons. The van der Waals surface area contributed by atoms with Crippen molar-refractivity contribution in [2.75, 3.05) is 19.6 Å². The highest BCUT2D eigenvalue weighted by Gasteiger charge is 2.23. The first-order chi connectivity index (χ1) is 15.0. The van der Waals surface area contributed by atoms with Gasteiger partial charge in [0.15, 0.2) is 11.8 Å². The molecular formula is C21H32F2IN7O. The predicted octanol–water partition coefficient (Wildman–Crippen LogP) is 3.06. The fourth-order valence-electron chi connectivity index (χ4n) is 3.71. The molecule has 1 aromatic carbocycles. The Bertz CT molecular complexity index is 878. The minimum atomic E-state index is -2.87. The fourth-order valence-corrected chi connectivity index (χ4v) is 3.71. The SMILES string of the molecule is CCN1CCCC1CNC(=NCc1ccccc1OC(F)F)NCc1nnc(C)n1C.I. The molecule has 0 bridgehead atoms. The summed E-state index contributed by atoms with van der Waals surface area (Å²) < 4.78 is 32.0. The Morgan fingerprint density at radius 2 is 2.06 bits per heavy atom. The number of likely N-dealkylation sites (tertiary alicyclic amines) is 1. The largest absolute Gasteiger partial charge is 0.434 e. The Kier molecular flexibility index (Phi) is 10.6. The number of guanidine groups is 1. The molecule has 0 spiro atoms. The van der Waals surface area contributed by atoms with Gasteiger partial charge in [-0.3, -0.25) is 4.90 Å². The summed E-state index contributed by atoms with van der Waals surface area (Å²) in [5.41, 5.74) is 0.592. The number of aliphatic imine (C=N–C) groups is 1. The van der Waals surface area contributed by atoms with Crippen LogP contribution in [0.1, 0.15) is 37.0 Å². The zero-order valence-corrected chi connectivity index (χ0v) is 21.1. The predicted molar refractivity (Wildman–Crippen MR) is 130 cm³/mol. The molecule has 0 radical (unpaired) electrons. The maximum absolute atomic E-state index is 12.7. The Morgan fingerprint density at radius 3 is 2.75 bits per heavy atom. The lowest BCUT2D eigenvalue weighted by molar-refractivity contribution is -0.0504. The van der Waals surface area contributed by atoms with E-state index in [9.17, 15) is 8.78 Å². The standard InChI is InChI=1S/C21H31F2N7O.HI/c1-4-30-11-7-9-17(30)13-25-21(26-14-19-28-27-15(2)29(19)3)24-12-16-8-5-6-10-18(16)31-20(22)23;/h5-6,8,10,17,20H,4,7,9,11-14H2,1-3H3,(H2,24,25,26);1H. The second-order valence-electron chi connectivity index (χ2n) is 7.53. The van der Waals surface area contributed by atoms with E-state index in [4.69, 9.17) is 0 Å². The third-order valence-electron chi connectivity index (χ3n) is 5.60. The van der Waals surface area contributed by atoms with Gasteiger partial charge in [0.1, 0.15) is 11.6 Å². The van der Waals surface area contributed by atoms with Crippen molar-refractivity contribution in [1.29, 1.82) is 0 Å². The van der Waals surface area contributed by atoms with E-state index in [-0.39, 0.29) is 36.3 Å². The number of para-hydroxylation sites is 1. The minimum absolute atomic E-state index is 0. The number of nitrogens with one attached hydrogen (secondary N) is 2. The number of ether oxygens (including phenoxy) is 1. The highest BCUT2D eigenvalue weighted by Crippen LogP contribution is 2.21. The molecule has 2 aromatic rings. The summed E-state index contributed by atoms with van der Waals surface area (Å²) in [5, 5.41) is 14.9. The smallest absolute Gasteiger partial charge is 0.387 e. The van der Waals surface area contributed by atoms with Gasteiger partial charge in [-0.05, 0) is 38.9 Å². The minimum Gasteiger partial charge on any atom is -0.434 e. The molecule has 2 heterocycles. The first-order valence-corrected chi connectivity index (χ1v) is 10.6. The molecule has 1 atom stereocenters. The van der Waals surface area contributed by atoms with Crippen molar-refractivity contribution in [2.45, 2.75) is 52.4 Å². The van der Waals surface area contributed by atoms with Gasteiger partial charge in [-0.25, -0.2) is 4.99 Å². The lowest BCUT2D eigenvalue weighted by Crippen LogP contribution is -2.44. The molecule has 1 unspecified atom stereocenters. The molecule has 2 N–H and O–H groups in total. The van der Waals surface area contributed by atoms with Crippen LogP contribution < -0.4 is 15.4 Å². The van der Waals surface area contributed by atoms with Crippen LogP contribution in [0.25, 0.3) is 0 Å². The molecular weight excluding hydrogens is 531 g/mol. The number of alkyl halides is 2. The van der Waals surface area contributed by atoms with Gasteiger partial charge in [-0.2, -0.15) is 8.78 Å². The second kappa shape index (κ2) is 12.9. The number of hydrogen-bond acceptors (Lipinski definition) is 5. The van der Waals surface area contributed by atoms with Crippen LogP contribution in [0.4, 0.5) is 8.78 Å². The van der Waals surface area contributed by atoms with Crippen LogP contribution in [0.5, 0.6) is 5.75 Å². The summed E-state index contributed by atoms with van der Waals surface area (Å²) in [6.45, 7) is 4.72. The van der Waals surface area contributed by atoms with Gasteiger partial charge in [0.2, 0.25) is 0 Å². The summed E-state index contributed by atoms with van der Waals surface area (Å²) in [6.07, 6.45) is 2.33. The highest BCUT2D eigenvalue weighted by molar-refractivity contribution is 14.0. The fraction of sp³-hybridized carbons (Fsp3) is 0.571. The summed E-state index contributed by atoms with van der Waals surface area (Å²) in [4.78, 5) is 7.07. The summed E-state index contributed by atoms with van der Waals surface area (Å²) >= 11 is 0. The van der Waals surface area contributed by atoms with Crippen LogP contribution in [-0.4, -0.2) is 57.9 Å². The molecule has 1 aromatic heterocycles. The molecule has 1 aliphatic rings. The number of likely N-dealkylation sites (N-methyl/N-ethyl adjacent to an activating group) is 1. The van der Waals surface area contributed by atoms with E-state index in [2.05, 4.69) is 42.4 Å². The number of halogens is 3. The average molecular weight is 563 g/mol. The van der Waals surface area contributed by atoms with E-state index in [1.165, 1.54) is 12.5 Å². The zero-order valence-electron chi connectivity index (χ0n) is 18.7. The Morgan fingerprint density at radius 1 is 1.28 bits per heavy atom. The molecule has 11 heteroatoms. The van der Waals surface area contributed by atoms with Crippen molar-refractivity contribution >= 4 is 29.9 Å². The molecule has 0 aliphatic carbocycles. The Balaban J connectivity index is 0.00000363. The van der Waals surface area contributed by atoms with Gasteiger partial charge in [0.05, 0.1) is 13.1 Å². The van der Waals surface area contributed by atoms with Gasteiger partial charge < -0.3 is 19.9 Å². The van der Waals surface area contributed by atoms with Gasteiger partial charge in [-0.15, -0.1) is 34.2 Å². The normalized spacial score (nSPS) is 16.8. The van der Waals surface area contributed by atoms with Crippen molar-refractivity contribution in [3.63, 3.8) is 0 Å². The molecule has 1 fully saturated rings. The third kappa shape index (κ3) is 7.26. The lowest BCUT2D eigenvalue weighted by atomic mass is 10.2. The van der Waals surface area contributed by atoms with Gasteiger partial charge in [0, 0.05) is 25.2 Å². The first-order valence-electron chi connectivity index (χ1n) is 10.6. The van der Waals surface area contributed by atoms with E-state index in [0.717, 1.165) is 37.7 Å². The van der Waals surface area contributed by atoms with Crippen LogP contribution in [0.3, 0.4) is 0 Å². The van der Waals surface area contributed by atoms with Crippen LogP contribution in [-0.2, 0) is 20.1 Å². The third-order valence-corrected chi connectivity index (χ3v) is 5.60. The quantitative estimate of drug-likeness (QED) is 0.278. The van der Waals surface area contributed by atoms with Crippen molar-refractivity contribution in [3.8, 4) is 5.75 Å². The highest BCUT2D eigenvalue weighted by atomic mass is 127. The molecule has 8 nitrogen and oxygen atoms in total. The number of aromatic nitrogens is 3. The topological polar surface area (TPSA) is 79.6 Å². The number of aryl methyl sites for hydroxylation is 1. The van der Waals surface area contributed by atoms with Crippen LogP contribution >= 0.6 is 24.0 Å². The zero-order chi connectivity index (χ0) is 22.2. The molecule has 3 rings (SSSR count). The van der Waals surface area contributed by atoms with Crippen LogP contribution in [0, 0.1) is 6.92 Å². The maximum Gasteiger partial charge on any atom is 0.387 e. The van der Waals surface area contributed by atoms with Gasteiger partial charge >= 0.3 is 6.61 Å². The van der Waals surface area contributed by atoms with E-state index in [1.54, 1.807) is 18.2 Å². The number of benzene rings is 1. The summed E-state index contributed by atoms with van der Waals surface area (Å²) in [5.74, 6) is 2.34. The molecule has 0 amide bonds. The van der Waals surface area contributed by atoms with E-state index in [0.29, 0.717) is 24.1 Å². The Hall–Kier alpha value is -2.02. The second-order valence-corrected chi connectivity index (χ2v) is 7.53. The van der Waals surface area contributed by atoms with Gasteiger partial charge in [0.25, 0.3) is 0 Å². The maximum atomic E-state index is 12.7. The number of hydrogen-bond donors (Lipinski definition) is 2. The van der Waals surface area contributed by atoms with Crippen molar-refractivity contribution in [3.05, 3.63) is 41.5 Å². The summed E-state index contributed by atoms with van der Waals surface area (Å²) in [6, 6.07) is 7.16. The monoisotopic (exact) mass is 563 g/mol. The number of nitrogens with zero attached hydrogens (tertiary/aromatic N) is 5.